The lowest BCUT2D eigenvalue weighted by atomic mass is 10.1. The van der Waals surface area contributed by atoms with Gasteiger partial charge in [-0.1, -0.05) is 12.1 Å². The van der Waals surface area contributed by atoms with Crippen molar-refractivity contribution in [3.05, 3.63) is 47.1 Å². The summed E-state index contributed by atoms with van der Waals surface area (Å²) in [6.07, 6.45) is 0. The van der Waals surface area contributed by atoms with Crippen LogP contribution in [-0.2, 0) is 5.54 Å². The SMILES string of the molecule is CC(C)(N)c1ccc(-c2cccc(F)c2)s1. The van der Waals surface area contributed by atoms with Crippen molar-refractivity contribution in [2.75, 3.05) is 0 Å². The van der Waals surface area contributed by atoms with Crippen LogP contribution in [0.2, 0.25) is 0 Å². The quantitative estimate of drug-likeness (QED) is 0.843. The third kappa shape index (κ3) is 2.31. The van der Waals surface area contributed by atoms with E-state index in [0.29, 0.717) is 0 Å². The highest BCUT2D eigenvalue weighted by atomic mass is 32.1. The van der Waals surface area contributed by atoms with Crippen LogP contribution >= 0.6 is 11.3 Å². The fraction of sp³-hybridized carbons (Fsp3) is 0.231. The van der Waals surface area contributed by atoms with Crippen molar-refractivity contribution in [3.63, 3.8) is 0 Å². The maximum Gasteiger partial charge on any atom is 0.123 e. The highest BCUT2D eigenvalue weighted by Gasteiger charge is 2.16. The number of hydrogen-bond acceptors (Lipinski definition) is 2. The zero-order valence-electron chi connectivity index (χ0n) is 9.33. The third-order valence-corrected chi connectivity index (χ3v) is 3.82. The molecule has 0 bridgehead atoms. The second kappa shape index (κ2) is 4.00. The van der Waals surface area contributed by atoms with Crippen LogP contribution in [0.4, 0.5) is 4.39 Å². The lowest BCUT2D eigenvalue weighted by Crippen LogP contribution is -2.27. The Labute approximate surface area is 98.7 Å². The van der Waals surface area contributed by atoms with Gasteiger partial charge in [0.15, 0.2) is 0 Å². The molecule has 2 aromatic rings. The van der Waals surface area contributed by atoms with E-state index in [1.54, 1.807) is 23.5 Å². The first kappa shape index (κ1) is 11.3. The standard InChI is InChI=1S/C13H14FNS/c1-13(2,15)12-7-6-11(16-12)9-4-3-5-10(14)8-9/h3-8H,15H2,1-2H3. The van der Waals surface area contributed by atoms with Gasteiger partial charge in [-0.25, -0.2) is 4.39 Å². The van der Waals surface area contributed by atoms with Gasteiger partial charge < -0.3 is 5.73 Å². The molecule has 84 valence electrons. The van der Waals surface area contributed by atoms with Gasteiger partial charge in [0.25, 0.3) is 0 Å². The molecule has 0 aliphatic heterocycles. The number of rotatable bonds is 2. The summed E-state index contributed by atoms with van der Waals surface area (Å²) in [6, 6.07) is 10.6. The predicted molar refractivity (Wildman–Crippen MR) is 66.9 cm³/mol. The van der Waals surface area contributed by atoms with Crippen LogP contribution in [0.5, 0.6) is 0 Å². The van der Waals surface area contributed by atoms with Gasteiger partial charge in [0, 0.05) is 15.3 Å². The number of hydrogen-bond donors (Lipinski definition) is 1. The van der Waals surface area contributed by atoms with E-state index in [-0.39, 0.29) is 11.4 Å². The molecule has 0 saturated carbocycles. The van der Waals surface area contributed by atoms with Crippen LogP contribution < -0.4 is 5.73 Å². The molecule has 0 amide bonds. The largest absolute Gasteiger partial charge is 0.321 e. The van der Waals surface area contributed by atoms with E-state index < -0.39 is 0 Å². The lowest BCUT2D eigenvalue weighted by Gasteiger charge is -2.15. The normalized spacial score (nSPS) is 11.8. The summed E-state index contributed by atoms with van der Waals surface area (Å²) in [7, 11) is 0. The average Bonchev–Trinajstić information content (AvgIpc) is 2.65. The molecule has 16 heavy (non-hydrogen) atoms. The first-order chi connectivity index (χ1) is 7.47. The molecule has 0 unspecified atom stereocenters. The second-order valence-electron chi connectivity index (χ2n) is 4.40. The zero-order valence-corrected chi connectivity index (χ0v) is 10.1. The highest BCUT2D eigenvalue weighted by molar-refractivity contribution is 7.15. The topological polar surface area (TPSA) is 26.0 Å². The Balaban J connectivity index is 2.39. The Morgan fingerprint density at radius 1 is 1.19 bits per heavy atom. The van der Waals surface area contributed by atoms with E-state index >= 15 is 0 Å². The molecule has 2 rings (SSSR count). The summed E-state index contributed by atoms with van der Waals surface area (Å²) >= 11 is 1.61. The molecule has 0 atom stereocenters. The summed E-state index contributed by atoms with van der Waals surface area (Å²) in [6.45, 7) is 3.93. The molecular formula is C13H14FNS. The van der Waals surface area contributed by atoms with E-state index in [1.165, 1.54) is 6.07 Å². The molecule has 0 fully saturated rings. The van der Waals surface area contributed by atoms with E-state index in [1.807, 2.05) is 32.0 Å². The molecule has 0 aliphatic carbocycles. The fourth-order valence-corrected chi connectivity index (χ4v) is 2.50. The Bertz CT molecular complexity index is 497. The predicted octanol–water partition coefficient (Wildman–Crippen LogP) is 3.75. The minimum atomic E-state index is -0.337. The van der Waals surface area contributed by atoms with Crippen LogP contribution in [0.15, 0.2) is 36.4 Å². The van der Waals surface area contributed by atoms with Gasteiger partial charge in [-0.2, -0.15) is 0 Å². The van der Waals surface area contributed by atoms with Crippen molar-refractivity contribution in [3.8, 4) is 10.4 Å². The Hall–Kier alpha value is -1.19. The van der Waals surface area contributed by atoms with Crippen molar-refractivity contribution in [1.29, 1.82) is 0 Å². The van der Waals surface area contributed by atoms with Gasteiger partial charge in [0.1, 0.15) is 5.82 Å². The van der Waals surface area contributed by atoms with E-state index in [9.17, 15) is 4.39 Å². The van der Waals surface area contributed by atoms with Crippen molar-refractivity contribution >= 4 is 11.3 Å². The average molecular weight is 235 g/mol. The number of halogens is 1. The fourth-order valence-electron chi connectivity index (χ4n) is 1.48. The van der Waals surface area contributed by atoms with Gasteiger partial charge in [-0.05, 0) is 43.7 Å². The maximum atomic E-state index is 13.1. The summed E-state index contributed by atoms with van der Waals surface area (Å²) in [4.78, 5) is 2.15. The van der Waals surface area contributed by atoms with Crippen molar-refractivity contribution in [2.24, 2.45) is 5.73 Å². The molecule has 0 spiro atoms. The first-order valence-electron chi connectivity index (χ1n) is 5.12. The monoisotopic (exact) mass is 235 g/mol. The molecule has 2 N–H and O–H groups in total. The summed E-state index contributed by atoms with van der Waals surface area (Å²) in [5.41, 5.74) is 6.58. The van der Waals surface area contributed by atoms with Crippen LogP contribution in [-0.4, -0.2) is 0 Å². The molecule has 3 heteroatoms. The number of benzene rings is 1. The van der Waals surface area contributed by atoms with E-state index in [4.69, 9.17) is 5.73 Å². The van der Waals surface area contributed by atoms with Crippen LogP contribution in [0.1, 0.15) is 18.7 Å². The number of thiophene rings is 1. The van der Waals surface area contributed by atoms with Gasteiger partial charge in [-0.15, -0.1) is 11.3 Å². The third-order valence-electron chi connectivity index (χ3n) is 2.35. The molecule has 1 nitrogen and oxygen atoms in total. The second-order valence-corrected chi connectivity index (χ2v) is 5.48. The van der Waals surface area contributed by atoms with Crippen LogP contribution in [0.3, 0.4) is 0 Å². The Morgan fingerprint density at radius 2 is 1.94 bits per heavy atom. The summed E-state index contributed by atoms with van der Waals surface area (Å²) < 4.78 is 13.1. The molecule has 0 saturated heterocycles. The minimum absolute atomic E-state index is 0.209. The van der Waals surface area contributed by atoms with E-state index in [0.717, 1.165) is 15.3 Å². The van der Waals surface area contributed by atoms with Crippen LogP contribution in [0.25, 0.3) is 10.4 Å². The Morgan fingerprint density at radius 3 is 2.50 bits per heavy atom. The zero-order chi connectivity index (χ0) is 11.8. The minimum Gasteiger partial charge on any atom is -0.321 e. The first-order valence-corrected chi connectivity index (χ1v) is 5.93. The number of nitrogens with two attached hydrogens (primary N) is 1. The summed E-state index contributed by atoms with van der Waals surface area (Å²) in [5, 5.41) is 0. The van der Waals surface area contributed by atoms with Crippen molar-refractivity contribution in [2.45, 2.75) is 19.4 Å². The van der Waals surface area contributed by atoms with Gasteiger partial charge >= 0.3 is 0 Å². The molecule has 0 radical (unpaired) electrons. The summed E-state index contributed by atoms with van der Waals surface area (Å²) in [5.74, 6) is -0.209. The highest BCUT2D eigenvalue weighted by Crippen LogP contribution is 2.32. The molecule has 1 heterocycles. The van der Waals surface area contributed by atoms with Crippen molar-refractivity contribution in [1.82, 2.24) is 0 Å². The van der Waals surface area contributed by atoms with E-state index in [2.05, 4.69) is 0 Å². The van der Waals surface area contributed by atoms with Gasteiger partial charge in [0.2, 0.25) is 0 Å². The van der Waals surface area contributed by atoms with Gasteiger partial charge in [0.05, 0.1) is 0 Å². The maximum absolute atomic E-state index is 13.1. The van der Waals surface area contributed by atoms with Crippen molar-refractivity contribution < 1.29 is 4.39 Å². The molecule has 1 aromatic carbocycles. The Kier molecular flexibility index (Phi) is 2.82. The van der Waals surface area contributed by atoms with Crippen LogP contribution in [0, 0.1) is 5.82 Å². The molecule has 1 aromatic heterocycles. The molecule has 0 aliphatic rings. The lowest BCUT2D eigenvalue weighted by molar-refractivity contribution is 0.567. The molecular weight excluding hydrogens is 221 g/mol. The van der Waals surface area contributed by atoms with Gasteiger partial charge in [-0.3, -0.25) is 0 Å². The smallest absolute Gasteiger partial charge is 0.123 e.